The van der Waals surface area contributed by atoms with E-state index in [1.165, 1.54) is 11.3 Å². The molecule has 2 aromatic carbocycles. The molecular formula is C21H15N3O2S. The summed E-state index contributed by atoms with van der Waals surface area (Å²) in [5.41, 5.74) is 5.77. The Hall–Kier alpha value is -3.25. The van der Waals surface area contributed by atoms with Gasteiger partial charge in [0.25, 0.3) is 0 Å². The largest absolute Gasteiger partial charge is 0.497 e. The number of carbonyl (C=O) groups is 1. The summed E-state index contributed by atoms with van der Waals surface area (Å²) < 4.78 is 7.01. The second-order valence-electron chi connectivity index (χ2n) is 6.34. The number of thiazole rings is 1. The number of rotatable bonds is 3. The molecule has 5 nitrogen and oxygen atoms in total. The van der Waals surface area contributed by atoms with E-state index in [2.05, 4.69) is 5.10 Å². The highest BCUT2D eigenvalue weighted by molar-refractivity contribution is 7.12. The molecule has 1 aliphatic rings. The fourth-order valence-corrected chi connectivity index (χ4v) is 4.25. The standard InChI is InChI=1S/C21H15N3O2S/c1-12-18-19(15-5-3-4-6-16(15)20(18)25)24(23-12)21-22-17(11-27-21)13-7-9-14(26-2)10-8-13/h3-11H,1-2H3. The Balaban J connectivity index is 1.62. The van der Waals surface area contributed by atoms with Gasteiger partial charge in [-0.2, -0.15) is 5.10 Å². The number of methoxy groups -OCH3 is 1. The predicted octanol–water partition coefficient (Wildman–Crippen LogP) is 4.52. The SMILES string of the molecule is COc1ccc(-c2csc(-n3nc(C)c4c3-c3ccccc3C4=O)n2)cc1. The minimum absolute atomic E-state index is 0.0382. The minimum Gasteiger partial charge on any atom is -0.497 e. The van der Waals surface area contributed by atoms with Gasteiger partial charge in [-0.3, -0.25) is 4.79 Å². The smallest absolute Gasteiger partial charge is 0.211 e. The summed E-state index contributed by atoms with van der Waals surface area (Å²) in [5.74, 6) is 0.848. The van der Waals surface area contributed by atoms with Crippen LogP contribution in [0.4, 0.5) is 0 Å². The predicted molar refractivity (Wildman–Crippen MR) is 105 cm³/mol. The Morgan fingerprint density at radius 2 is 1.78 bits per heavy atom. The van der Waals surface area contributed by atoms with E-state index in [0.717, 1.165) is 44.7 Å². The lowest BCUT2D eigenvalue weighted by Gasteiger charge is -2.03. The molecule has 2 aromatic heterocycles. The molecule has 0 unspecified atom stereocenters. The van der Waals surface area contributed by atoms with E-state index in [1.54, 1.807) is 11.8 Å². The second kappa shape index (κ2) is 5.89. The van der Waals surface area contributed by atoms with Crippen LogP contribution in [0.15, 0.2) is 53.9 Å². The summed E-state index contributed by atoms with van der Waals surface area (Å²) in [6, 6.07) is 15.5. The molecule has 0 aliphatic heterocycles. The molecule has 0 N–H and O–H groups in total. The lowest BCUT2D eigenvalue weighted by Crippen LogP contribution is -1.99. The van der Waals surface area contributed by atoms with Crippen LogP contribution in [-0.4, -0.2) is 27.7 Å². The molecular weight excluding hydrogens is 358 g/mol. The number of fused-ring (bicyclic) bond motifs is 3. The average molecular weight is 373 g/mol. The molecule has 1 aliphatic carbocycles. The van der Waals surface area contributed by atoms with Crippen LogP contribution in [0, 0.1) is 6.92 Å². The monoisotopic (exact) mass is 373 g/mol. The van der Waals surface area contributed by atoms with Crippen molar-refractivity contribution < 1.29 is 9.53 Å². The summed E-state index contributed by atoms with van der Waals surface area (Å²) >= 11 is 1.51. The third-order valence-electron chi connectivity index (χ3n) is 4.77. The number of ketones is 1. The zero-order chi connectivity index (χ0) is 18.5. The molecule has 0 fully saturated rings. The number of nitrogens with zero attached hydrogens (tertiary/aromatic N) is 3. The molecule has 6 heteroatoms. The number of aromatic nitrogens is 3. The second-order valence-corrected chi connectivity index (χ2v) is 7.18. The van der Waals surface area contributed by atoms with Crippen LogP contribution in [0.2, 0.25) is 0 Å². The number of hydrogen-bond donors (Lipinski definition) is 0. The van der Waals surface area contributed by atoms with Crippen LogP contribution in [0.3, 0.4) is 0 Å². The van der Waals surface area contributed by atoms with Crippen LogP contribution >= 0.6 is 11.3 Å². The number of ether oxygens (including phenoxy) is 1. The Kier molecular flexibility index (Phi) is 3.48. The summed E-state index contributed by atoms with van der Waals surface area (Å²) in [5, 5.41) is 7.36. The molecule has 5 rings (SSSR count). The van der Waals surface area contributed by atoms with Gasteiger partial charge in [0.05, 0.1) is 29.8 Å². The highest BCUT2D eigenvalue weighted by Crippen LogP contribution is 2.40. The van der Waals surface area contributed by atoms with Crippen molar-refractivity contribution in [2.45, 2.75) is 6.92 Å². The quantitative estimate of drug-likeness (QED) is 0.466. The van der Waals surface area contributed by atoms with Gasteiger partial charge in [0.15, 0.2) is 5.78 Å². The first kappa shape index (κ1) is 16.0. The Morgan fingerprint density at radius 1 is 1.04 bits per heavy atom. The van der Waals surface area contributed by atoms with Crippen molar-refractivity contribution in [1.29, 1.82) is 0 Å². The fourth-order valence-electron chi connectivity index (χ4n) is 3.46. The molecule has 0 amide bonds. The Morgan fingerprint density at radius 3 is 2.52 bits per heavy atom. The summed E-state index contributed by atoms with van der Waals surface area (Å²) in [6.07, 6.45) is 0. The van der Waals surface area contributed by atoms with Gasteiger partial charge in [-0.15, -0.1) is 11.3 Å². The number of aryl methyl sites for hydroxylation is 1. The first-order valence-corrected chi connectivity index (χ1v) is 9.39. The summed E-state index contributed by atoms with van der Waals surface area (Å²) in [4.78, 5) is 17.5. The molecule has 0 spiro atoms. The van der Waals surface area contributed by atoms with Crippen LogP contribution in [0.1, 0.15) is 21.6 Å². The zero-order valence-electron chi connectivity index (χ0n) is 14.8. The Bertz CT molecular complexity index is 1190. The normalized spacial score (nSPS) is 12.1. The highest BCUT2D eigenvalue weighted by atomic mass is 32.1. The van der Waals surface area contributed by atoms with E-state index < -0.39 is 0 Å². The Labute approximate surface area is 159 Å². The van der Waals surface area contributed by atoms with Gasteiger partial charge < -0.3 is 4.74 Å². The topological polar surface area (TPSA) is 57.0 Å². The molecule has 2 heterocycles. The van der Waals surface area contributed by atoms with Gasteiger partial charge in [0.2, 0.25) is 5.13 Å². The summed E-state index contributed by atoms with van der Waals surface area (Å²) in [6.45, 7) is 1.87. The lowest BCUT2D eigenvalue weighted by molar-refractivity contribution is 0.104. The van der Waals surface area contributed by atoms with Crippen molar-refractivity contribution >= 4 is 17.1 Å². The maximum atomic E-state index is 12.8. The maximum absolute atomic E-state index is 12.8. The molecule has 4 aromatic rings. The van der Waals surface area contributed by atoms with Gasteiger partial charge in [-0.25, -0.2) is 9.67 Å². The molecule has 27 heavy (non-hydrogen) atoms. The third-order valence-corrected chi connectivity index (χ3v) is 5.59. The van der Waals surface area contributed by atoms with Gasteiger partial charge in [-0.05, 0) is 31.2 Å². The molecule has 0 bridgehead atoms. The molecule has 0 saturated heterocycles. The van der Waals surface area contributed by atoms with Crippen LogP contribution in [0.5, 0.6) is 5.75 Å². The molecule has 0 radical (unpaired) electrons. The lowest BCUT2D eigenvalue weighted by atomic mass is 10.1. The van der Waals surface area contributed by atoms with Crippen molar-refractivity contribution in [2.24, 2.45) is 0 Å². The van der Waals surface area contributed by atoms with Crippen molar-refractivity contribution in [3.63, 3.8) is 0 Å². The van der Waals surface area contributed by atoms with E-state index in [-0.39, 0.29) is 5.78 Å². The summed E-state index contributed by atoms with van der Waals surface area (Å²) in [7, 11) is 1.65. The van der Waals surface area contributed by atoms with E-state index >= 15 is 0 Å². The van der Waals surface area contributed by atoms with E-state index in [0.29, 0.717) is 5.56 Å². The molecule has 0 atom stereocenters. The molecule has 0 saturated carbocycles. The van der Waals surface area contributed by atoms with Gasteiger partial charge in [0, 0.05) is 22.1 Å². The van der Waals surface area contributed by atoms with E-state index in [1.807, 2.05) is 60.8 Å². The zero-order valence-corrected chi connectivity index (χ0v) is 15.6. The van der Waals surface area contributed by atoms with Crippen molar-refractivity contribution in [3.8, 4) is 33.4 Å². The first-order chi connectivity index (χ1) is 13.2. The number of hydrogen-bond acceptors (Lipinski definition) is 5. The third kappa shape index (κ3) is 2.34. The van der Waals surface area contributed by atoms with Crippen molar-refractivity contribution in [2.75, 3.05) is 7.11 Å². The van der Waals surface area contributed by atoms with Crippen molar-refractivity contribution in [3.05, 3.63) is 70.7 Å². The average Bonchev–Trinajstić information content (AvgIpc) is 3.39. The van der Waals surface area contributed by atoms with E-state index in [4.69, 9.17) is 9.72 Å². The van der Waals surface area contributed by atoms with Gasteiger partial charge >= 0.3 is 0 Å². The minimum atomic E-state index is 0.0382. The van der Waals surface area contributed by atoms with Crippen LogP contribution in [-0.2, 0) is 0 Å². The highest BCUT2D eigenvalue weighted by Gasteiger charge is 2.33. The van der Waals surface area contributed by atoms with Crippen LogP contribution < -0.4 is 4.74 Å². The number of benzene rings is 2. The number of carbonyl (C=O) groups excluding carboxylic acids is 1. The fraction of sp³-hybridized carbons (Fsp3) is 0.0952. The van der Waals surface area contributed by atoms with Gasteiger partial charge in [-0.1, -0.05) is 24.3 Å². The van der Waals surface area contributed by atoms with Crippen molar-refractivity contribution in [1.82, 2.24) is 14.8 Å². The maximum Gasteiger partial charge on any atom is 0.211 e. The first-order valence-electron chi connectivity index (χ1n) is 8.51. The molecule has 132 valence electrons. The van der Waals surface area contributed by atoms with Crippen LogP contribution in [0.25, 0.3) is 27.6 Å². The van der Waals surface area contributed by atoms with Gasteiger partial charge in [0.1, 0.15) is 5.75 Å². The van der Waals surface area contributed by atoms with E-state index in [9.17, 15) is 4.79 Å².